The van der Waals surface area contributed by atoms with Crippen molar-refractivity contribution in [1.29, 1.82) is 0 Å². The van der Waals surface area contributed by atoms with Crippen LogP contribution >= 0.6 is 0 Å². The van der Waals surface area contributed by atoms with E-state index < -0.39 is 17.4 Å². The lowest BCUT2D eigenvalue weighted by Gasteiger charge is -2.19. The van der Waals surface area contributed by atoms with E-state index in [4.69, 9.17) is 9.57 Å². The van der Waals surface area contributed by atoms with E-state index in [0.29, 0.717) is 17.9 Å². The first-order valence-electron chi connectivity index (χ1n) is 11.9. The minimum atomic E-state index is -0.792. The summed E-state index contributed by atoms with van der Waals surface area (Å²) in [5.74, 6) is -0.794. The molecule has 10 heteroatoms. The molecule has 9 nitrogen and oxygen atoms in total. The summed E-state index contributed by atoms with van der Waals surface area (Å²) >= 11 is 0. The van der Waals surface area contributed by atoms with Crippen LogP contribution in [0.1, 0.15) is 63.6 Å². The van der Waals surface area contributed by atoms with Crippen LogP contribution in [0.15, 0.2) is 52.6 Å². The van der Waals surface area contributed by atoms with E-state index >= 15 is 4.39 Å². The van der Waals surface area contributed by atoms with E-state index in [1.807, 2.05) is 40.7 Å². The van der Waals surface area contributed by atoms with Crippen LogP contribution in [0.3, 0.4) is 0 Å². The predicted octanol–water partition coefficient (Wildman–Crippen LogP) is 4.08. The maximum Gasteiger partial charge on any atom is 0.350 e. The molecule has 0 aliphatic heterocycles. The summed E-state index contributed by atoms with van der Waals surface area (Å²) in [6, 6.07) is 2.38. The predicted molar refractivity (Wildman–Crippen MR) is 137 cm³/mol. The molecule has 0 radical (unpaired) electrons. The fourth-order valence-electron chi connectivity index (χ4n) is 3.48. The third-order valence-electron chi connectivity index (χ3n) is 5.56. The summed E-state index contributed by atoms with van der Waals surface area (Å²) in [7, 11) is 3.01. The number of carbonyl (C=O) groups is 1. The Morgan fingerprint density at radius 1 is 1.33 bits per heavy atom. The second-order valence-corrected chi connectivity index (χ2v) is 8.37. The number of nitrogens with zero attached hydrogens (tertiary/aromatic N) is 3. The van der Waals surface area contributed by atoms with Crippen molar-refractivity contribution in [2.24, 2.45) is 7.05 Å². The number of halogens is 1. The van der Waals surface area contributed by atoms with E-state index in [-0.39, 0.29) is 28.8 Å². The van der Waals surface area contributed by atoms with Crippen LogP contribution in [0, 0.1) is 5.82 Å². The van der Waals surface area contributed by atoms with Gasteiger partial charge in [-0.15, -0.1) is 5.10 Å². The molecule has 1 heterocycles. The molecule has 1 atom stereocenters. The summed E-state index contributed by atoms with van der Waals surface area (Å²) in [6.45, 7) is 13.4. The van der Waals surface area contributed by atoms with Crippen molar-refractivity contribution in [1.82, 2.24) is 25.1 Å². The molecule has 1 unspecified atom stereocenters. The molecule has 0 saturated carbocycles. The highest BCUT2D eigenvalue weighted by atomic mass is 19.1. The molecule has 36 heavy (non-hydrogen) atoms. The minimum Gasteiger partial charge on any atom is -0.490 e. The molecule has 1 aromatic carbocycles. The van der Waals surface area contributed by atoms with Gasteiger partial charge in [0, 0.05) is 19.5 Å². The Balaban J connectivity index is 2.55. The lowest BCUT2D eigenvalue weighted by molar-refractivity contribution is 0.0950. The highest BCUT2D eigenvalue weighted by molar-refractivity contribution is 5.98. The number of hydroxylamine groups is 1. The molecule has 2 rings (SSSR count). The molecule has 0 spiro atoms. The fraction of sp³-hybridized carbons (Fsp3) is 0.423. The summed E-state index contributed by atoms with van der Waals surface area (Å²) in [5.41, 5.74) is 3.59. The Morgan fingerprint density at radius 3 is 2.58 bits per heavy atom. The summed E-state index contributed by atoms with van der Waals surface area (Å²) < 4.78 is 23.7. The molecule has 2 aromatic rings. The van der Waals surface area contributed by atoms with E-state index in [0.717, 1.165) is 29.2 Å². The van der Waals surface area contributed by atoms with Crippen LogP contribution in [-0.4, -0.2) is 33.5 Å². The van der Waals surface area contributed by atoms with Crippen molar-refractivity contribution >= 4 is 5.91 Å². The molecule has 1 aromatic heterocycles. The average Bonchev–Trinajstić information content (AvgIpc) is 3.12. The van der Waals surface area contributed by atoms with Crippen LogP contribution in [0.2, 0.25) is 0 Å². The lowest BCUT2D eigenvalue weighted by Crippen LogP contribution is -2.29. The minimum absolute atomic E-state index is 0.0421. The van der Waals surface area contributed by atoms with Crippen molar-refractivity contribution in [2.45, 2.75) is 60.0 Å². The molecule has 196 valence electrons. The number of amides is 1. The van der Waals surface area contributed by atoms with Crippen LogP contribution in [0.4, 0.5) is 4.39 Å². The van der Waals surface area contributed by atoms with E-state index in [9.17, 15) is 9.59 Å². The number of aromatic nitrogens is 3. The summed E-state index contributed by atoms with van der Waals surface area (Å²) in [6.07, 6.45) is 5.45. The molecule has 1 amide bonds. The molecule has 0 fully saturated rings. The highest BCUT2D eigenvalue weighted by Gasteiger charge is 2.23. The van der Waals surface area contributed by atoms with E-state index in [1.54, 1.807) is 13.1 Å². The Kier molecular flexibility index (Phi) is 10.2. The van der Waals surface area contributed by atoms with Gasteiger partial charge >= 0.3 is 5.69 Å². The number of hydrogen-bond acceptors (Lipinski definition) is 6. The highest BCUT2D eigenvalue weighted by Crippen LogP contribution is 2.27. The number of ether oxygens (including phenoxy) is 1. The van der Waals surface area contributed by atoms with Gasteiger partial charge in [-0.1, -0.05) is 38.5 Å². The first-order valence-corrected chi connectivity index (χ1v) is 11.9. The quantitative estimate of drug-likeness (QED) is 0.336. The first-order chi connectivity index (χ1) is 17.1. The SMILES string of the molecule is C=C(NC(=O)c1cc(F)c(-n2nc(CC)n(C)c2=O)cc1OC(C)CCC)/C(=C\C(C)=C/C)NOC. The maximum absolute atomic E-state index is 15.3. The molecule has 0 bridgehead atoms. The zero-order valence-corrected chi connectivity index (χ0v) is 22.1. The number of aryl methyl sites for hydroxylation is 1. The lowest BCUT2D eigenvalue weighted by atomic mass is 10.1. The summed E-state index contributed by atoms with van der Waals surface area (Å²) in [5, 5.41) is 6.91. The Bertz CT molecular complexity index is 1230. The third-order valence-corrected chi connectivity index (χ3v) is 5.56. The molecule has 0 aliphatic carbocycles. The zero-order valence-electron chi connectivity index (χ0n) is 22.1. The van der Waals surface area contributed by atoms with Gasteiger partial charge in [0.2, 0.25) is 0 Å². The van der Waals surface area contributed by atoms with Gasteiger partial charge in [0.1, 0.15) is 23.1 Å². The second kappa shape index (κ2) is 12.9. The van der Waals surface area contributed by atoms with Crippen molar-refractivity contribution in [3.63, 3.8) is 0 Å². The number of rotatable bonds is 12. The first kappa shape index (κ1) is 28.6. The van der Waals surface area contributed by atoms with Gasteiger partial charge in [-0.05, 0) is 39.3 Å². The molecule has 2 N–H and O–H groups in total. The van der Waals surface area contributed by atoms with Gasteiger partial charge < -0.3 is 10.1 Å². The number of hydrogen-bond donors (Lipinski definition) is 2. The standard InChI is InChI=1S/C26H36FN5O4/c1-9-12-17(5)36-23-15-22(32-26(34)31(7)24(11-3)29-32)20(27)14-19(23)25(33)28-18(6)21(30-35-8)13-16(4)10-2/h10,13-15,17,30H,6,9,11-12H2,1-5,7-8H3,(H,28,33)/b16-10-,21-13+. The Labute approximate surface area is 211 Å². The van der Waals surface area contributed by atoms with E-state index in [1.165, 1.54) is 17.7 Å². The van der Waals surface area contributed by atoms with Crippen molar-refractivity contribution in [3.05, 3.63) is 75.5 Å². The number of nitrogens with one attached hydrogen (secondary N) is 2. The molecular weight excluding hydrogens is 465 g/mol. The largest absolute Gasteiger partial charge is 0.490 e. The van der Waals surface area contributed by atoms with Gasteiger partial charge in [-0.25, -0.2) is 9.18 Å². The molecular formula is C26H36FN5O4. The van der Waals surface area contributed by atoms with Gasteiger partial charge in [0.05, 0.1) is 30.2 Å². The zero-order chi connectivity index (χ0) is 27.0. The van der Waals surface area contributed by atoms with Gasteiger partial charge in [0.25, 0.3) is 5.91 Å². The average molecular weight is 502 g/mol. The van der Waals surface area contributed by atoms with Gasteiger partial charge in [-0.3, -0.25) is 19.7 Å². The van der Waals surface area contributed by atoms with Crippen molar-refractivity contribution in [2.75, 3.05) is 7.11 Å². The number of carbonyl (C=O) groups excluding carboxylic acids is 1. The van der Waals surface area contributed by atoms with Gasteiger partial charge in [0.15, 0.2) is 0 Å². The van der Waals surface area contributed by atoms with Crippen LogP contribution in [0.5, 0.6) is 5.75 Å². The third kappa shape index (κ3) is 6.72. The smallest absolute Gasteiger partial charge is 0.350 e. The monoisotopic (exact) mass is 501 g/mol. The Morgan fingerprint density at radius 2 is 2.03 bits per heavy atom. The number of benzene rings is 1. The van der Waals surface area contributed by atoms with Crippen molar-refractivity contribution < 1.29 is 18.8 Å². The van der Waals surface area contributed by atoms with Crippen molar-refractivity contribution in [3.8, 4) is 11.4 Å². The van der Waals surface area contributed by atoms with Crippen LogP contribution < -0.4 is 21.2 Å². The second-order valence-electron chi connectivity index (χ2n) is 8.37. The molecule has 0 saturated heterocycles. The van der Waals surface area contributed by atoms with Crippen LogP contribution in [0.25, 0.3) is 5.69 Å². The van der Waals surface area contributed by atoms with Crippen LogP contribution in [-0.2, 0) is 18.3 Å². The molecule has 0 aliphatic rings. The van der Waals surface area contributed by atoms with E-state index in [2.05, 4.69) is 22.5 Å². The topological polar surface area (TPSA) is 99.4 Å². The fourth-order valence-corrected chi connectivity index (χ4v) is 3.48. The normalized spacial score (nSPS) is 12.9. The maximum atomic E-state index is 15.3. The Hall–Kier alpha value is -3.66. The summed E-state index contributed by atoms with van der Waals surface area (Å²) in [4.78, 5) is 30.9. The number of allylic oxidation sites excluding steroid dienone is 3. The van der Waals surface area contributed by atoms with Gasteiger partial charge in [-0.2, -0.15) is 4.68 Å².